The van der Waals surface area contributed by atoms with Crippen LogP contribution >= 0.6 is 0 Å². The Hall–Kier alpha value is -1.83. The van der Waals surface area contributed by atoms with Crippen LogP contribution < -0.4 is 15.4 Å². The van der Waals surface area contributed by atoms with Crippen LogP contribution in [0.15, 0.2) is 29.3 Å². The second kappa shape index (κ2) is 15.1. The van der Waals surface area contributed by atoms with Crippen molar-refractivity contribution in [3.63, 3.8) is 0 Å². The Balaban J connectivity index is 1.42. The van der Waals surface area contributed by atoms with Gasteiger partial charge in [-0.15, -0.1) is 0 Å². The Morgan fingerprint density at radius 1 is 1.03 bits per heavy atom. The van der Waals surface area contributed by atoms with Gasteiger partial charge < -0.3 is 29.6 Å². The number of aliphatic imine (C=N–C) groups is 1. The SMILES string of the molecule is CN=C(NCCCOCc1ccc(OC)cc1)NCCCOCC1CCOCC1. The molecule has 7 heteroatoms. The van der Waals surface area contributed by atoms with E-state index in [2.05, 4.69) is 15.6 Å². The van der Waals surface area contributed by atoms with Crippen molar-refractivity contribution in [3.8, 4) is 5.75 Å². The average Bonchev–Trinajstić information content (AvgIpc) is 2.78. The first-order chi connectivity index (χ1) is 14.3. The zero-order valence-corrected chi connectivity index (χ0v) is 18.0. The van der Waals surface area contributed by atoms with Crippen LogP contribution in [0.2, 0.25) is 0 Å². The molecule has 0 spiro atoms. The first-order valence-corrected chi connectivity index (χ1v) is 10.6. The van der Waals surface area contributed by atoms with Gasteiger partial charge in [-0.3, -0.25) is 4.99 Å². The molecule has 7 nitrogen and oxygen atoms in total. The molecule has 0 amide bonds. The molecule has 1 aliphatic heterocycles. The van der Waals surface area contributed by atoms with Crippen LogP contribution in [-0.4, -0.2) is 66.2 Å². The summed E-state index contributed by atoms with van der Waals surface area (Å²) in [4.78, 5) is 4.25. The third-order valence-corrected chi connectivity index (χ3v) is 4.86. The molecular formula is C22H37N3O4. The number of methoxy groups -OCH3 is 1. The Labute approximate surface area is 175 Å². The minimum absolute atomic E-state index is 0.616. The molecule has 2 N–H and O–H groups in total. The largest absolute Gasteiger partial charge is 0.497 e. The highest BCUT2D eigenvalue weighted by Gasteiger charge is 2.13. The molecule has 0 unspecified atom stereocenters. The summed E-state index contributed by atoms with van der Waals surface area (Å²) in [5.41, 5.74) is 1.15. The van der Waals surface area contributed by atoms with Crippen LogP contribution in [0.4, 0.5) is 0 Å². The lowest BCUT2D eigenvalue weighted by Gasteiger charge is -2.21. The highest BCUT2D eigenvalue weighted by Crippen LogP contribution is 2.14. The standard InChI is InChI=1S/C22H37N3O4/c1-23-22(25-12-4-14-29-18-20-9-15-27-16-10-20)24-11-3-13-28-17-19-5-7-21(26-2)8-6-19/h5-8,20H,3-4,9-18H2,1-2H3,(H2,23,24,25). The number of benzene rings is 1. The molecular weight excluding hydrogens is 370 g/mol. The summed E-state index contributed by atoms with van der Waals surface area (Å²) >= 11 is 0. The lowest BCUT2D eigenvalue weighted by molar-refractivity contribution is 0.0203. The summed E-state index contributed by atoms with van der Waals surface area (Å²) < 4.78 is 22.0. The van der Waals surface area contributed by atoms with Gasteiger partial charge in [0.2, 0.25) is 0 Å². The molecule has 0 bridgehead atoms. The van der Waals surface area contributed by atoms with E-state index in [0.29, 0.717) is 19.1 Å². The van der Waals surface area contributed by atoms with E-state index in [1.165, 1.54) is 0 Å². The van der Waals surface area contributed by atoms with Gasteiger partial charge in [-0.1, -0.05) is 12.1 Å². The number of guanidine groups is 1. The van der Waals surface area contributed by atoms with E-state index < -0.39 is 0 Å². The zero-order chi connectivity index (χ0) is 20.6. The normalized spacial score (nSPS) is 15.3. The van der Waals surface area contributed by atoms with Crippen molar-refractivity contribution in [1.29, 1.82) is 0 Å². The van der Waals surface area contributed by atoms with Gasteiger partial charge in [0.15, 0.2) is 5.96 Å². The predicted octanol–water partition coefficient (Wildman–Crippen LogP) is 2.60. The maximum absolute atomic E-state index is 5.78. The Morgan fingerprint density at radius 3 is 2.31 bits per heavy atom. The van der Waals surface area contributed by atoms with E-state index in [-0.39, 0.29) is 0 Å². The minimum atomic E-state index is 0.616. The maximum Gasteiger partial charge on any atom is 0.190 e. The van der Waals surface area contributed by atoms with Gasteiger partial charge >= 0.3 is 0 Å². The summed E-state index contributed by atoms with van der Waals surface area (Å²) in [6.45, 7) is 6.38. The third kappa shape index (κ3) is 10.5. The van der Waals surface area contributed by atoms with E-state index >= 15 is 0 Å². The van der Waals surface area contributed by atoms with Crippen molar-refractivity contribution in [2.45, 2.75) is 32.3 Å². The van der Waals surface area contributed by atoms with Crippen LogP contribution in [-0.2, 0) is 20.8 Å². The van der Waals surface area contributed by atoms with Crippen molar-refractivity contribution >= 4 is 5.96 Å². The molecule has 29 heavy (non-hydrogen) atoms. The van der Waals surface area contributed by atoms with Gasteiger partial charge in [0, 0.05) is 53.2 Å². The molecule has 164 valence electrons. The Bertz CT molecular complexity index is 560. The summed E-state index contributed by atoms with van der Waals surface area (Å²) in [5.74, 6) is 2.35. The fourth-order valence-electron chi connectivity index (χ4n) is 3.06. The van der Waals surface area contributed by atoms with Crippen LogP contribution in [0.25, 0.3) is 0 Å². The van der Waals surface area contributed by atoms with Gasteiger partial charge in [-0.2, -0.15) is 0 Å². The average molecular weight is 408 g/mol. The van der Waals surface area contributed by atoms with E-state index in [0.717, 1.165) is 82.5 Å². The smallest absolute Gasteiger partial charge is 0.190 e. The minimum Gasteiger partial charge on any atom is -0.497 e. The second-order valence-electron chi connectivity index (χ2n) is 7.16. The lowest BCUT2D eigenvalue weighted by Crippen LogP contribution is -2.38. The van der Waals surface area contributed by atoms with Crippen LogP contribution in [0.1, 0.15) is 31.2 Å². The molecule has 0 radical (unpaired) electrons. The Kier molecular flexibility index (Phi) is 12.2. The topological polar surface area (TPSA) is 73.3 Å². The number of nitrogens with one attached hydrogen (secondary N) is 2. The molecule has 1 aromatic rings. The number of nitrogens with zero attached hydrogens (tertiary/aromatic N) is 1. The van der Waals surface area contributed by atoms with Gasteiger partial charge in [-0.25, -0.2) is 0 Å². The monoisotopic (exact) mass is 407 g/mol. The third-order valence-electron chi connectivity index (χ3n) is 4.86. The number of ether oxygens (including phenoxy) is 4. The number of hydrogen-bond donors (Lipinski definition) is 2. The molecule has 1 saturated heterocycles. The molecule has 2 rings (SSSR count). The molecule has 1 aromatic carbocycles. The van der Waals surface area contributed by atoms with Gasteiger partial charge in [0.1, 0.15) is 5.75 Å². The van der Waals surface area contributed by atoms with Crippen molar-refractivity contribution < 1.29 is 18.9 Å². The van der Waals surface area contributed by atoms with Crippen molar-refractivity contribution in [1.82, 2.24) is 10.6 Å². The highest BCUT2D eigenvalue weighted by molar-refractivity contribution is 5.79. The molecule has 1 aliphatic rings. The van der Waals surface area contributed by atoms with Crippen LogP contribution in [0.5, 0.6) is 5.75 Å². The van der Waals surface area contributed by atoms with Crippen molar-refractivity contribution in [2.75, 3.05) is 60.3 Å². The van der Waals surface area contributed by atoms with Gasteiger partial charge in [0.05, 0.1) is 13.7 Å². The maximum atomic E-state index is 5.78. The highest BCUT2D eigenvalue weighted by atomic mass is 16.5. The predicted molar refractivity (Wildman–Crippen MR) is 116 cm³/mol. The summed E-state index contributed by atoms with van der Waals surface area (Å²) in [6.07, 6.45) is 4.14. The summed E-state index contributed by atoms with van der Waals surface area (Å²) in [7, 11) is 3.46. The van der Waals surface area contributed by atoms with Crippen LogP contribution in [0.3, 0.4) is 0 Å². The first-order valence-electron chi connectivity index (χ1n) is 10.6. The molecule has 0 atom stereocenters. The first kappa shape index (κ1) is 23.4. The number of hydrogen-bond acceptors (Lipinski definition) is 5. The quantitative estimate of drug-likeness (QED) is 0.297. The molecule has 0 aliphatic carbocycles. The van der Waals surface area contributed by atoms with Gasteiger partial charge in [0.25, 0.3) is 0 Å². The van der Waals surface area contributed by atoms with E-state index in [4.69, 9.17) is 18.9 Å². The zero-order valence-electron chi connectivity index (χ0n) is 18.0. The molecule has 1 heterocycles. The Morgan fingerprint density at radius 2 is 1.69 bits per heavy atom. The van der Waals surface area contributed by atoms with E-state index in [9.17, 15) is 0 Å². The summed E-state index contributed by atoms with van der Waals surface area (Å²) in [5, 5.41) is 6.64. The molecule has 1 fully saturated rings. The van der Waals surface area contributed by atoms with Gasteiger partial charge in [-0.05, 0) is 49.3 Å². The van der Waals surface area contributed by atoms with E-state index in [1.807, 2.05) is 24.3 Å². The van der Waals surface area contributed by atoms with Crippen molar-refractivity contribution in [3.05, 3.63) is 29.8 Å². The van der Waals surface area contributed by atoms with Crippen LogP contribution in [0, 0.1) is 5.92 Å². The lowest BCUT2D eigenvalue weighted by atomic mass is 10.0. The molecule has 0 aromatic heterocycles. The second-order valence-corrected chi connectivity index (χ2v) is 7.16. The molecule has 0 saturated carbocycles. The fourth-order valence-corrected chi connectivity index (χ4v) is 3.06. The number of rotatable bonds is 13. The van der Waals surface area contributed by atoms with E-state index in [1.54, 1.807) is 14.2 Å². The fraction of sp³-hybridized carbons (Fsp3) is 0.682. The van der Waals surface area contributed by atoms with Crippen molar-refractivity contribution in [2.24, 2.45) is 10.9 Å². The summed E-state index contributed by atoms with van der Waals surface area (Å²) in [6, 6.07) is 7.95.